The Balaban J connectivity index is 1.54. The lowest BCUT2D eigenvalue weighted by molar-refractivity contribution is -0.119. The number of hydrogen-bond acceptors (Lipinski definition) is 5. The maximum atomic E-state index is 13.4. The summed E-state index contributed by atoms with van der Waals surface area (Å²) in [6.07, 6.45) is 5.83. The average Bonchev–Trinajstić information content (AvgIpc) is 3.64. The highest BCUT2D eigenvalue weighted by atomic mass is 19.1. The van der Waals surface area contributed by atoms with Crippen LogP contribution in [0.25, 0.3) is 22.6 Å². The zero-order valence-electron chi connectivity index (χ0n) is 20.9. The van der Waals surface area contributed by atoms with Gasteiger partial charge < -0.3 is 10.3 Å². The Morgan fingerprint density at radius 1 is 1.08 bits per heavy atom. The van der Waals surface area contributed by atoms with Gasteiger partial charge >= 0.3 is 5.69 Å². The topological polar surface area (TPSA) is 120 Å². The Morgan fingerprint density at radius 2 is 1.81 bits per heavy atom. The molecule has 2 atom stereocenters. The van der Waals surface area contributed by atoms with Crippen LogP contribution in [0.1, 0.15) is 44.7 Å². The standard InChI is InChI=1S/C26H30FN7O3/c1-3-9-32-24-22(25(36)33(10-4-2)26(32)37)30-23(31-24)18-14-29-34(15-18)20(17-12-21(35)28-13-17)11-16-5-7-19(27)8-6-16/h5-8,14-15,17,20H,3-4,9-13H2,1-2H3,(H,28,35)(H,30,31). The number of aryl methyl sites for hydroxylation is 1. The van der Waals surface area contributed by atoms with Gasteiger partial charge in [-0.25, -0.2) is 14.2 Å². The van der Waals surface area contributed by atoms with Crippen molar-refractivity contribution in [2.45, 2.75) is 58.7 Å². The molecule has 5 rings (SSSR count). The van der Waals surface area contributed by atoms with Gasteiger partial charge in [0.15, 0.2) is 5.65 Å². The Hall–Kier alpha value is -4.02. The van der Waals surface area contributed by atoms with Crippen molar-refractivity contribution in [3.05, 3.63) is 68.9 Å². The molecule has 194 valence electrons. The molecule has 3 aromatic heterocycles. The first-order valence-electron chi connectivity index (χ1n) is 12.7. The molecule has 2 N–H and O–H groups in total. The van der Waals surface area contributed by atoms with E-state index < -0.39 is 0 Å². The summed E-state index contributed by atoms with van der Waals surface area (Å²) in [6.45, 7) is 5.21. The van der Waals surface area contributed by atoms with E-state index in [1.807, 2.05) is 24.7 Å². The highest BCUT2D eigenvalue weighted by Gasteiger charge is 2.31. The maximum absolute atomic E-state index is 13.4. The number of aromatic amines is 1. The summed E-state index contributed by atoms with van der Waals surface area (Å²) in [7, 11) is 0. The van der Waals surface area contributed by atoms with Crippen molar-refractivity contribution in [1.82, 2.24) is 34.2 Å². The Morgan fingerprint density at radius 3 is 2.49 bits per heavy atom. The molecule has 1 aliphatic rings. The van der Waals surface area contributed by atoms with E-state index in [9.17, 15) is 18.8 Å². The van der Waals surface area contributed by atoms with Crippen LogP contribution in [0.3, 0.4) is 0 Å². The summed E-state index contributed by atoms with van der Waals surface area (Å²) in [4.78, 5) is 45.8. The highest BCUT2D eigenvalue weighted by Crippen LogP contribution is 2.29. The van der Waals surface area contributed by atoms with Crippen LogP contribution in [0.2, 0.25) is 0 Å². The molecule has 1 aromatic carbocycles. The third-order valence-electron chi connectivity index (χ3n) is 6.88. The Kier molecular flexibility index (Phi) is 6.77. The number of carbonyl (C=O) groups excluding carboxylic acids is 1. The zero-order valence-corrected chi connectivity index (χ0v) is 20.9. The summed E-state index contributed by atoms with van der Waals surface area (Å²) in [6, 6.07) is 6.18. The lowest BCUT2D eigenvalue weighted by Crippen LogP contribution is -2.40. The van der Waals surface area contributed by atoms with Crippen LogP contribution >= 0.6 is 0 Å². The van der Waals surface area contributed by atoms with Crippen molar-refractivity contribution in [1.29, 1.82) is 0 Å². The van der Waals surface area contributed by atoms with Gasteiger partial charge in [0, 0.05) is 38.2 Å². The highest BCUT2D eigenvalue weighted by molar-refractivity contribution is 5.78. The van der Waals surface area contributed by atoms with Gasteiger partial charge in [0.2, 0.25) is 5.91 Å². The molecule has 1 fully saturated rings. The van der Waals surface area contributed by atoms with Crippen LogP contribution in [-0.4, -0.2) is 41.3 Å². The monoisotopic (exact) mass is 507 g/mol. The normalized spacial score (nSPS) is 16.4. The molecule has 2 unspecified atom stereocenters. The van der Waals surface area contributed by atoms with Gasteiger partial charge in [-0.2, -0.15) is 5.10 Å². The number of halogens is 1. The first-order chi connectivity index (χ1) is 17.9. The SMILES string of the molecule is CCCn1c(=O)c2[nH]c(-c3cnn(C(Cc4ccc(F)cc4)C4CNC(=O)C4)c3)nc2n(CCC)c1=O. The first-order valence-corrected chi connectivity index (χ1v) is 12.7. The molecule has 1 saturated heterocycles. The molecule has 37 heavy (non-hydrogen) atoms. The van der Waals surface area contributed by atoms with Gasteiger partial charge in [-0.3, -0.25) is 23.4 Å². The number of aromatic nitrogens is 6. The molecule has 0 aliphatic carbocycles. The van der Waals surface area contributed by atoms with Crippen molar-refractivity contribution in [3.63, 3.8) is 0 Å². The number of imidazole rings is 1. The van der Waals surface area contributed by atoms with E-state index in [0.29, 0.717) is 55.9 Å². The van der Waals surface area contributed by atoms with Crippen LogP contribution in [0.5, 0.6) is 0 Å². The van der Waals surface area contributed by atoms with Crippen LogP contribution in [0.4, 0.5) is 4.39 Å². The molecule has 0 bridgehead atoms. The quantitative estimate of drug-likeness (QED) is 0.361. The van der Waals surface area contributed by atoms with Crippen LogP contribution in [0.15, 0.2) is 46.2 Å². The third kappa shape index (κ3) is 4.73. The minimum Gasteiger partial charge on any atom is -0.356 e. The molecule has 0 radical (unpaired) electrons. The molecule has 0 spiro atoms. The molecule has 4 heterocycles. The summed E-state index contributed by atoms with van der Waals surface area (Å²) >= 11 is 0. The third-order valence-corrected chi connectivity index (χ3v) is 6.88. The second kappa shape index (κ2) is 10.2. The van der Waals surface area contributed by atoms with Gasteiger partial charge in [0.25, 0.3) is 5.56 Å². The fraction of sp³-hybridized carbons (Fsp3) is 0.423. The van der Waals surface area contributed by atoms with Gasteiger partial charge in [0.05, 0.1) is 17.8 Å². The second-order valence-corrected chi connectivity index (χ2v) is 9.55. The van der Waals surface area contributed by atoms with Crippen molar-refractivity contribution < 1.29 is 9.18 Å². The molecule has 11 heteroatoms. The van der Waals surface area contributed by atoms with Gasteiger partial charge in [-0.05, 0) is 37.0 Å². The molecular weight excluding hydrogens is 477 g/mol. The maximum Gasteiger partial charge on any atom is 0.332 e. The number of hydrogen-bond donors (Lipinski definition) is 2. The van der Waals surface area contributed by atoms with E-state index >= 15 is 0 Å². The summed E-state index contributed by atoms with van der Waals surface area (Å²) in [5.41, 5.74) is 1.48. The van der Waals surface area contributed by atoms with Crippen molar-refractivity contribution in [2.24, 2.45) is 5.92 Å². The molecule has 1 aliphatic heterocycles. The van der Waals surface area contributed by atoms with Gasteiger partial charge in [-0.1, -0.05) is 26.0 Å². The van der Waals surface area contributed by atoms with Crippen LogP contribution in [-0.2, 0) is 24.3 Å². The van der Waals surface area contributed by atoms with Crippen molar-refractivity contribution >= 4 is 17.1 Å². The average molecular weight is 508 g/mol. The van der Waals surface area contributed by atoms with E-state index in [2.05, 4.69) is 20.4 Å². The molecule has 10 nitrogen and oxygen atoms in total. The summed E-state index contributed by atoms with van der Waals surface area (Å²) < 4.78 is 18.1. The number of rotatable bonds is 9. The van der Waals surface area contributed by atoms with Crippen molar-refractivity contribution in [3.8, 4) is 11.4 Å². The predicted octanol–water partition coefficient (Wildman–Crippen LogP) is 2.63. The smallest absolute Gasteiger partial charge is 0.332 e. The first kappa shape index (κ1) is 24.7. The van der Waals surface area contributed by atoms with Crippen molar-refractivity contribution in [2.75, 3.05) is 6.54 Å². The molecule has 4 aromatic rings. The second-order valence-electron chi connectivity index (χ2n) is 9.55. The molecule has 1 amide bonds. The fourth-order valence-electron chi connectivity index (χ4n) is 5.03. The van der Waals surface area contributed by atoms with E-state index in [0.717, 1.165) is 12.0 Å². The van der Waals surface area contributed by atoms with E-state index in [-0.39, 0.29) is 40.4 Å². The van der Waals surface area contributed by atoms with Crippen LogP contribution < -0.4 is 16.6 Å². The lowest BCUT2D eigenvalue weighted by atomic mass is 9.92. The van der Waals surface area contributed by atoms with E-state index in [1.54, 1.807) is 22.9 Å². The number of benzene rings is 1. The van der Waals surface area contributed by atoms with E-state index in [1.165, 1.54) is 16.7 Å². The summed E-state index contributed by atoms with van der Waals surface area (Å²) in [5, 5.41) is 7.47. The Labute approximate surface area is 212 Å². The minimum atomic E-state index is -0.384. The number of H-pyrrole nitrogens is 1. The zero-order chi connectivity index (χ0) is 26.1. The number of fused-ring (bicyclic) bond motifs is 1. The lowest BCUT2D eigenvalue weighted by Gasteiger charge is -2.23. The number of amides is 1. The van der Waals surface area contributed by atoms with Gasteiger partial charge in [-0.15, -0.1) is 0 Å². The summed E-state index contributed by atoms with van der Waals surface area (Å²) in [5.74, 6) is 0.148. The van der Waals surface area contributed by atoms with Gasteiger partial charge in [0.1, 0.15) is 17.2 Å². The van der Waals surface area contributed by atoms with E-state index in [4.69, 9.17) is 0 Å². The Bertz CT molecular complexity index is 1550. The fourth-order valence-corrected chi connectivity index (χ4v) is 5.03. The minimum absolute atomic E-state index is 0.00368. The van der Waals surface area contributed by atoms with Crippen LogP contribution in [0, 0.1) is 11.7 Å². The number of nitrogens with one attached hydrogen (secondary N) is 2. The predicted molar refractivity (Wildman–Crippen MR) is 137 cm³/mol. The number of carbonyl (C=O) groups is 1. The molecule has 0 saturated carbocycles. The number of nitrogens with zero attached hydrogens (tertiary/aromatic N) is 5. The molecular formula is C26H30FN7O3. The largest absolute Gasteiger partial charge is 0.356 e.